The second-order valence-corrected chi connectivity index (χ2v) is 2.94. The summed E-state index contributed by atoms with van der Waals surface area (Å²) in [6.07, 6.45) is 5.27. The van der Waals surface area contributed by atoms with Crippen LogP contribution in [0.1, 0.15) is 28.9 Å². The van der Waals surface area contributed by atoms with Crippen LogP contribution in [0.2, 0.25) is 0 Å². The molecule has 0 saturated carbocycles. The van der Waals surface area contributed by atoms with Crippen LogP contribution in [0.25, 0.3) is 0 Å². The van der Waals surface area contributed by atoms with Crippen LogP contribution < -0.4 is 0 Å². The van der Waals surface area contributed by atoms with E-state index in [1.54, 1.807) is 24.3 Å². The standard InChI is InChI=1S/C12H10O3/c1-3-12(15-9(2)14)11-6-4-10(8-13)5-7-11/h1,4-8,12H,2H3. The Morgan fingerprint density at radius 1 is 1.47 bits per heavy atom. The van der Waals surface area contributed by atoms with Gasteiger partial charge >= 0.3 is 5.97 Å². The van der Waals surface area contributed by atoms with E-state index in [1.165, 1.54) is 6.92 Å². The van der Waals surface area contributed by atoms with Gasteiger partial charge in [0.2, 0.25) is 0 Å². The highest BCUT2D eigenvalue weighted by molar-refractivity contribution is 5.74. The van der Waals surface area contributed by atoms with E-state index in [9.17, 15) is 9.59 Å². The molecule has 0 heterocycles. The molecule has 1 atom stereocenters. The largest absolute Gasteiger partial charge is 0.444 e. The zero-order chi connectivity index (χ0) is 11.3. The van der Waals surface area contributed by atoms with E-state index in [1.807, 2.05) is 0 Å². The molecular weight excluding hydrogens is 192 g/mol. The van der Waals surface area contributed by atoms with E-state index in [2.05, 4.69) is 5.92 Å². The Morgan fingerprint density at radius 2 is 2.07 bits per heavy atom. The van der Waals surface area contributed by atoms with Gasteiger partial charge in [0.1, 0.15) is 6.29 Å². The van der Waals surface area contributed by atoms with Gasteiger partial charge in [-0.25, -0.2) is 0 Å². The molecule has 3 heteroatoms. The summed E-state index contributed by atoms with van der Waals surface area (Å²) in [5.41, 5.74) is 1.23. The van der Waals surface area contributed by atoms with Crippen molar-refractivity contribution in [1.29, 1.82) is 0 Å². The predicted octanol–water partition coefficient (Wildman–Crippen LogP) is 1.74. The summed E-state index contributed by atoms with van der Waals surface area (Å²) in [5.74, 6) is 1.92. The zero-order valence-corrected chi connectivity index (χ0v) is 8.27. The molecule has 76 valence electrons. The van der Waals surface area contributed by atoms with Crippen molar-refractivity contribution in [2.75, 3.05) is 0 Å². The number of hydrogen-bond donors (Lipinski definition) is 0. The number of benzene rings is 1. The van der Waals surface area contributed by atoms with Crippen LogP contribution in [0, 0.1) is 12.3 Å². The normalized spacial score (nSPS) is 11.2. The summed E-state index contributed by atoms with van der Waals surface area (Å²) in [4.78, 5) is 21.1. The number of ether oxygens (including phenoxy) is 1. The monoisotopic (exact) mass is 202 g/mol. The Bertz CT molecular complexity index is 398. The quantitative estimate of drug-likeness (QED) is 0.426. The van der Waals surface area contributed by atoms with E-state index >= 15 is 0 Å². The van der Waals surface area contributed by atoms with Gasteiger partial charge in [0.15, 0.2) is 6.10 Å². The first-order valence-electron chi connectivity index (χ1n) is 4.36. The van der Waals surface area contributed by atoms with Crippen LogP contribution in [0.4, 0.5) is 0 Å². The van der Waals surface area contributed by atoms with Crippen LogP contribution in [0.5, 0.6) is 0 Å². The minimum Gasteiger partial charge on any atom is -0.444 e. The van der Waals surface area contributed by atoms with E-state index in [0.29, 0.717) is 11.1 Å². The first-order valence-corrected chi connectivity index (χ1v) is 4.36. The number of carbonyl (C=O) groups excluding carboxylic acids is 2. The lowest BCUT2D eigenvalue weighted by atomic mass is 10.1. The topological polar surface area (TPSA) is 43.4 Å². The average molecular weight is 202 g/mol. The molecule has 1 aromatic rings. The van der Waals surface area contributed by atoms with Crippen LogP contribution in [0.15, 0.2) is 24.3 Å². The second kappa shape index (κ2) is 4.97. The highest BCUT2D eigenvalue weighted by Gasteiger charge is 2.10. The summed E-state index contributed by atoms with van der Waals surface area (Å²) in [6, 6.07) is 6.57. The van der Waals surface area contributed by atoms with Gasteiger partial charge in [0.25, 0.3) is 0 Å². The summed E-state index contributed by atoms with van der Waals surface area (Å²) >= 11 is 0. The number of terminal acetylenes is 1. The maximum Gasteiger partial charge on any atom is 0.304 e. The minimum atomic E-state index is -0.691. The highest BCUT2D eigenvalue weighted by atomic mass is 16.5. The van der Waals surface area contributed by atoms with Crippen molar-refractivity contribution in [3.8, 4) is 12.3 Å². The predicted molar refractivity (Wildman–Crippen MR) is 55.2 cm³/mol. The number of carbonyl (C=O) groups is 2. The first kappa shape index (κ1) is 11.0. The molecule has 0 radical (unpaired) electrons. The van der Waals surface area contributed by atoms with Gasteiger partial charge < -0.3 is 4.74 Å². The van der Waals surface area contributed by atoms with Crippen molar-refractivity contribution < 1.29 is 14.3 Å². The summed E-state index contributed by atoms with van der Waals surface area (Å²) < 4.78 is 4.90. The smallest absolute Gasteiger partial charge is 0.304 e. The lowest BCUT2D eigenvalue weighted by molar-refractivity contribution is -0.144. The maximum atomic E-state index is 10.7. The molecule has 15 heavy (non-hydrogen) atoms. The highest BCUT2D eigenvalue weighted by Crippen LogP contribution is 2.16. The van der Waals surface area contributed by atoms with Crippen molar-refractivity contribution in [3.63, 3.8) is 0 Å². The third kappa shape index (κ3) is 2.96. The van der Waals surface area contributed by atoms with Crippen LogP contribution in [-0.4, -0.2) is 12.3 Å². The van der Waals surface area contributed by atoms with E-state index < -0.39 is 12.1 Å². The summed E-state index contributed by atoms with van der Waals surface area (Å²) in [5, 5.41) is 0. The lowest BCUT2D eigenvalue weighted by Gasteiger charge is -2.10. The molecule has 1 unspecified atom stereocenters. The van der Waals surface area contributed by atoms with Crippen molar-refractivity contribution in [1.82, 2.24) is 0 Å². The van der Waals surface area contributed by atoms with Crippen LogP contribution in [-0.2, 0) is 9.53 Å². The molecule has 0 aliphatic heterocycles. The lowest BCUT2D eigenvalue weighted by Crippen LogP contribution is -2.06. The van der Waals surface area contributed by atoms with Gasteiger partial charge in [-0.15, -0.1) is 6.42 Å². The van der Waals surface area contributed by atoms with E-state index in [4.69, 9.17) is 11.2 Å². The number of hydrogen-bond acceptors (Lipinski definition) is 3. The van der Waals surface area contributed by atoms with E-state index in [-0.39, 0.29) is 0 Å². The van der Waals surface area contributed by atoms with Crippen molar-refractivity contribution in [3.05, 3.63) is 35.4 Å². The summed E-state index contributed by atoms with van der Waals surface area (Å²) in [7, 11) is 0. The van der Waals surface area contributed by atoms with Gasteiger partial charge in [-0.2, -0.15) is 0 Å². The van der Waals surface area contributed by atoms with E-state index in [0.717, 1.165) is 6.29 Å². The molecule has 0 aliphatic rings. The maximum absolute atomic E-state index is 10.7. The van der Waals surface area contributed by atoms with Gasteiger partial charge in [-0.1, -0.05) is 30.2 Å². The third-order valence-corrected chi connectivity index (χ3v) is 1.81. The third-order valence-electron chi connectivity index (χ3n) is 1.81. The Labute approximate surface area is 88.1 Å². The molecular formula is C12H10O3. The Hall–Kier alpha value is -2.08. The molecule has 0 aliphatic carbocycles. The molecule has 0 N–H and O–H groups in total. The Balaban J connectivity index is 2.88. The fourth-order valence-corrected chi connectivity index (χ4v) is 1.11. The molecule has 0 fully saturated rings. The fraction of sp³-hybridized carbons (Fsp3) is 0.167. The molecule has 0 spiro atoms. The average Bonchev–Trinajstić information content (AvgIpc) is 2.26. The van der Waals surface area contributed by atoms with Crippen LogP contribution >= 0.6 is 0 Å². The Morgan fingerprint density at radius 3 is 2.47 bits per heavy atom. The minimum absolute atomic E-state index is 0.433. The molecule has 0 bridgehead atoms. The van der Waals surface area contributed by atoms with Crippen molar-refractivity contribution in [2.45, 2.75) is 13.0 Å². The Kier molecular flexibility index (Phi) is 3.64. The van der Waals surface area contributed by atoms with Crippen LogP contribution in [0.3, 0.4) is 0 Å². The van der Waals surface area contributed by atoms with Gasteiger partial charge in [0.05, 0.1) is 0 Å². The SMILES string of the molecule is C#CC(OC(C)=O)c1ccc(C=O)cc1. The molecule has 0 amide bonds. The number of aldehydes is 1. The molecule has 3 nitrogen and oxygen atoms in total. The summed E-state index contributed by atoms with van der Waals surface area (Å²) in [6.45, 7) is 1.30. The number of rotatable bonds is 3. The molecule has 1 aromatic carbocycles. The second-order valence-electron chi connectivity index (χ2n) is 2.94. The molecule has 0 saturated heterocycles. The molecule has 0 aromatic heterocycles. The molecule has 1 rings (SSSR count). The fourth-order valence-electron chi connectivity index (χ4n) is 1.11. The zero-order valence-electron chi connectivity index (χ0n) is 8.27. The van der Waals surface area contributed by atoms with Gasteiger partial charge in [-0.3, -0.25) is 9.59 Å². The van der Waals surface area contributed by atoms with Gasteiger partial charge in [-0.05, 0) is 0 Å². The number of esters is 1. The van der Waals surface area contributed by atoms with Gasteiger partial charge in [0, 0.05) is 18.1 Å². The van der Waals surface area contributed by atoms with Crippen molar-refractivity contribution in [2.24, 2.45) is 0 Å². The van der Waals surface area contributed by atoms with Crippen molar-refractivity contribution >= 4 is 12.3 Å². The first-order chi connectivity index (χ1) is 7.17.